The zero-order valence-electron chi connectivity index (χ0n) is 13.7. The van der Waals surface area contributed by atoms with Gasteiger partial charge in [-0.15, -0.1) is 0 Å². The number of hydrogen-bond donors (Lipinski definition) is 1. The molecule has 1 atom stereocenters. The molecule has 21 heavy (non-hydrogen) atoms. The highest BCUT2D eigenvalue weighted by Crippen LogP contribution is 2.26. The summed E-state index contributed by atoms with van der Waals surface area (Å²) in [6.07, 6.45) is 2.08. The molecule has 112 valence electrons. The molecule has 1 nitrogen and oxygen atoms in total. The van der Waals surface area contributed by atoms with Gasteiger partial charge in [0.1, 0.15) is 0 Å². The lowest BCUT2D eigenvalue weighted by atomic mass is 9.90. The Morgan fingerprint density at radius 1 is 0.857 bits per heavy atom. The third kappa shape index (κ3) is 3.54. The fourth-order valence-electron chi connectivity index (χ4n) is 2.74. The first kappa shape index (κ1) is 15.8. The van der Waals surface area contributed by atoms with E-state index in [4.69, 9.17) is 5.73 Å². The Morgan fingerprint density at radius 2 is 1.48 bits per heavy atom. The maximum atomic E-state index is 6.54. The Bertz CT molecular complexity index is 581. The SMILES string of the molecule is CCc1ccc(CC)c(C(N)c2ccc(C(C)C)cc2)c1. The van der Waals surface area contributed by atoms with Crippen molar-refractivity contribution in [1.82, 2.24) is 0 Å². The fraction of sp³-hybridized carbons (Fsp3) is 0.400. The van der Waals surface area contributed by atoms with E-state index in [1.54, 1.807) is 0 Å². The molecule has 2 N–H and O–H groups in total. The molecular formula is C20H27N. The van der Waals surface area contributed by atoms with Crippen LogP contribution in [0.1, 0.15) is 67.5 Å². The Balaban J connectivity index is 2.36. The monoisotopic (exact) mass is 281 g/mol. The maximum absolute atomic E-state index is 6.54. The molecule has 1 unspecified atom stereocenters. The van der Waals surface area contributed by atoms with Gasteiger partial charge in [-0.2, -0.15) is 0 Å². The molecule has 0 aromatic heterocycles. The second-order valence-electron chi connectivity index (χ2n) is 6.04. The van der Waals surface area contributed by atoms with Gasteiger partial charge in [-0.05, 0) is 46.6 Å². The zero-order chi connectivity index (χ0) is 15.4. The van der Waals surface area contributed by atoms with Crippen LogP contribution in [0.5, 0.6) is 0 Å². The standard InChI is InChI=1S/C20H27N/c1-5-15-7-8-16(6-2)19(13-15)20(21)18-11-9-17(10-12-18)14(3)4/h7-14,20H,5-6,21H2,1-4H3. The normalized spacial score (nSPS) is 12.7. The smallest absolute Gasteiger partial charge is 0.0554 e. The molecule has 0 aliphatic rings. The second-order valence-corrected chi connectivity index (χ2v) is 6.04. The average molecular weight is 281 g/mol. The van der Waals surface area contributed by atoms with Crippen molar-refractivity contribution in [1.29, 1.82) is 0 Å². The predicted octanol–water partition coefficient (Wildman–Crippen LogP) is 4.98. The third-order valence-electron chi connectivity index (χ3n) is 4.30. The van der Waals surface area contributed by atoms with Crippen molar-refractivity contribution in [2.24, 2.45) is 5.73 Å². The molecule has 2 aromatic rings. The van der Waals surface area contributed by atoms with E-state index in [0.29, 0.717) is 5.92 Å². The first-order chi connectivity index (χ1) is 10.1. The van der Waals surface area contributed by atoms with Crippen molar-refractivity contribution in [3.05, 3.63) is 70.3 Å². The highest BCUT2D eigenvalue weighted by molar-refractivity contribution is 5.40. The minimum Gasteiger partial charge on any atom is -0.320 e. The number of nitrogens with two attached hydrogens (primary N) is 1. The number of hydrogen-bond acceptors (Lipinski definition) is 1. The van der Waals surface area contributed by atoms with Crippen molar-refractivity contribution in [2.75, 3.05) is 0 Å². The van der Waals surface area contributed by atoms with Crippen molar-refractivity contribution in [2.45, 2.75) is 52.5 Å². The second kappa shape index (κ2) is 6.91. The summed E-state index contributed by atoms with van der Waals surface area (Å²) in [4.78, 5) is 0. The quantitative estimate of drug-likeness (QED) is 0.821. The van der Waals surface area contributed by atoms with Gasteiger partial charge in [0.25, 0.3) is 0 Å². The molecule has 0 aliphatic heterocycles. The number of aryl methyl sites for hydroxylation is 2. The molecule has 2 aromatic carbocycles. The Kier molecular flexibility index (Phi) is 5.19. The first-order valence-electron chi connectivity index (χ1n) is 8.03. The Hall–Kier alpha value is -1.60. The van der Waals surface area contributed by atoms with Crippen LogP contribution in [0.4, 0.5) is 0 Å². The molecule has 0 heterocycles. The van der Waals surface area contributed by atoms with E-state index in [1.807, 2.05) is 0 Å². The van der Waals surface area contributed by atoms with E-state index >= 15 is 0 Å². The number of rotatable bonds is 5. The summed E-state index contributed by atoms with van der Waals surface area (Å²) in [7, 11) is 0. The Morgan fingerprint density at radius 3 is 2.00 bits per heavy atom. The van der Waals surface area contributed by atoms with Crippen LogP contribution in [0, 0.1) is 0 Å². The van der Waals surface area contributed by atoms with E-state index in [1.165, 1.54) is 27.8 Å². The van der Waals surface area contributed by atoms with Crippen molar-refractivity contribution >= 4 is 0 Å². The van der Waals surface area contributed by atoms with Crippen LogP contribution in [0.2, 0.25) is 0 Å². The maximum Gasteiger partial charge on any atom is 0.0554 e. The summed E-state index contributed by atoms with van der Waals surface area (Å²) in [5.41, 5.74) is 13.1. The molecule has 2 rings (SSSR count). The molecular weight excluding hydrogens is 254 g/mol. The van der Waals surface area contributed by atoms with E-state index in [-0.39, 0.29) is 6.04 Å². The minimum absolute atomic E-state index is 0.0346. The molecule has 0 amide bonds. The largest absolute Gasteiger partial charge is 0.320 e. The Labute approximate surface area is 129 Å². The lowest BCUT2D eigenvalue weighted by Gasteiger charge is -2.18. The molecule has 0 saturated carbocycles. The molecule has 0 fully saturated rings. The highest BCUT2D eigenvalue weighted by Gasteiger charge is 2.13. The van der Waals surface area contributed by atoms with E-state index in [0.717, 1.165) is 12.8 Å². The van der Waals surface area contributed by atoms with Gasteiger partial charge in [0.2, 0.25) is 0 Å². The predicted molar refractivity (Wildman–Crippen MR) is 91.8 cm³/mol. The highest BCUT2D eigenvalue weighted by atomic mass is 14.6. The first-order valence-corrected chi connectivity index (χ1v) is 8.03. The van der Waals surface area contributed by atoms with E-state index in [9.17, 15) is 0 Å². The van der Waals surface area contributed by atoms with Crippen LogP contribution in [0.25, 0.3) is 0 Å². The topological polar surface area (TPSA) is 26.0 Å². The lowest BCUT2D eigenvalue weighted by Crippen LogP contribution is -2.14. The van der Waals surface area contributed by atoms with E-state index < -0.39 is 0 Å². The molecule has 0 bridgehead atoms. The minimum atomic E-state index is -0.0346. The van der Waals surface area contributed by atoms with Crippen LogP contribution < -0.4 is 5.73 Å². The molecule has 0 radical (unpaired) electrons. The summed E-state index contributed by atoms with van der Waals surface area (Å²) in [5, 5.41) is 0. The summed E-state index contributed by atoms with van der Waals surface area (Å²) in [5.74, 6) is 0.560. The zero-order valence-corrected chi connectivity index (χ0v) is 13.7. The van der Waals surface area contributed by atoms with Crippen LogP contribution >= 0.6 is 0 Å². The molecule has 0 spiro atoms. The van der Waals surface area contributed by atoms with Crippen LogP contribution in [0.3, 0.4) is 0 Å². The van der Waals surface area contributed by atoms with Crippen LogP contribution in [-0.2, 0) is 12.8 Å². The third-order valence-corrected chi connectivity index (χ3v) is 4.30. The van der Waals surface area contributed by atoms with Crippen LogP contribution in [0.15, 0.2) is 42.5 Å². The lowest BCUT2D eigenvalue weighted by molar-refractivity contribution is 0.833. The fourth-order valence-corrected chi connectivity index (χ4v) is 2.74. The van der Waals surface area contributed by atoms with Gasteiger partial charge in [0.15, 0.2) is 0 Å². The summed E-state index contributed by atoms with van der Waals surface area (Å²) >= 11 is 0. The molecule has 0 aliphatic carbocycles. The summed E-state index contributed by atoms with van der Waals surface area (Å²) < 4.78 is 0. The summed E-state index contributed by atoms with van der Waals surface area (Å²) in [6.45, 7) is 8.82. The van der Waals surface area contributed by atoms with Crippen molar-refractivity contribution < 1.29 is 0 Å². The van der Waals surface area contributed by atoms with Gasteiger partial charge in [0.05, 0.1) is 6.04 Å². The van der Waals surface area contributed by atoms with Gasteiger partial charge in [-0.3, -0.25) is 0 Å². The van der Waals surface area contributed by atoms with Crippen molar-refractivity contribution in [3.8, 4) is 0 Å². The summed E-state index contributed by atoms with van der Waals surface area (Å²) in [6, 6.07) is 15.5. The van der Waals surface area contributed by atoms with Gasteiger partial charge in [-0.1, -0.05) is 70.2 Å². The van der Waals surface area contributed by atoms with Gasteiger partial charge in [-0.25, -0.2) is 0 Å². The van der Waals surface area contributed by atoms with Gasteiger partial charge in [0, 0.05) is 0 Å². The number of benzene rings is 2. The van der Waals surface area contributed by atoms with Gasteiger partial charge >= 0.3 is 0 Å². The van der Waals surface area contributed by atoms with Crippen LogP contribution in [-0.4, -0.2) is 0 Å². The average Bonchev–Trinajstić information content (AvgIpc) is 2.53. The molecule has 1 heteroatoms. The van der Waals surface area contributed by atoms with Gasteiger partial charge < -0.3 is 5.73 Å². The van der Waals surface area contributed by atoms with Crippen molar-refractivity contribution in [3.63, 3.8) is 0 Å². The van der Waals surface area contributed by atoms with E-state index in [2.05, 4.69) is 70.2 Å². The molecule has 0 saturated heterocycles.